The summed E-state index contributed by atoms with van der Waals surface area (Å²) in [5.74, 6) is -1.02. The van der Waals surface area contributed by atoms with E-state index in [1.54, 1.807) is 39.0 Å². The molecule has 0 saturated heterocycles. The van der Waals surface area contributed by atoms with Crippen LogP contribution in [-0.2, 0) is 14.3 Å². The number of carbonyl (C=O) groups excluding carboxylic acids is 3. The average Bonchev–Trinajstić information content (AvgIpc) is 2.84. The van der Waals surface area contributed by atoms with Crippen molar-refractivity contribution in [2.75, 3.05) is 11.9 Å². The van der Waals surface area contributed by atoms with Gasteiger partial charge in [-0.05, 0) is 69.4 Å². The summed E-state index contributed by atoms with van der Waals surface area (Å²) < 4.78 is 5.44. The third-order valence-electron chi connectivity index (χ3n) is 6.34. The molecular formula is C30H43N3O5. The van der Waals surface area contributed by atoms with Crippen molar-refractivity contribution in [3.8, 4) is 5.75 Å². The van der Waals surface area contributed by atoms with Crippen molar-refractivity contribution in [3.63, 3.8) is 0 Å². The van der Waals surface area contributed by atoms with Crippen molar-refractivity contribution in [2.24, 2.45) is 5.92 Å². The molecule has 3 amide bonds. The monoisotopic (exact) mass is 525 g/mol. The zero-order valence-corrected chi connectivity index (χ0v) is 23.7. The molecule has 0 radical (unpaired) electrons. The maximum absolute atomic E-state index is 14.2. The highest BCUT2D eigenvalue weighted by molar-refractivity contribution is 5.99. The molecule has 0 bridgehead atoms. The molecule has 38 heavy (non-hydrogen) atoms. The maximum Gasteiger partial charge on any atom is 0.408 e. The molecule has 0 saturated carbocycles. The first-order valence-corrected chi connectivity index (χ1v) is 13.3. The third-order valence-corrected chi connectivity index (χ3v) is 6.34. The number of carbonyl (C=O) groups is 3. The number of nitrogens with one attached hydrogen (secondary N) is 2. The van der Waals surface area contributed by atoms with Gasteiger partial charge in [0.1, 0.15) is 23.4 Å². The molecule has 0 aliphatic carbocycles. The lowest BCUT2D eigenvalue weighted by atomic mass is 9.95. The number of hydrogen-bond donors (Lipinski definition) is 3. The van der Waals surface area contributed by atoms with Gasteiger partial charge in [0.2, 0.25) is 5.91 Å². The van der Waals surface area contributed by atoms with E-state index in [1.165, 1.54) is 17.0 Å². The van der Waals surface area contributed by atoms with Gasteiger partial charge >= 0.3 is 6.09 Å². The Kier molecular flexibility index (Phi) is 11.2. The van der Waals surface area contributed by atoms with Crippen LogP contribution in [0.4, 0.5) is 10.5 Å². The van der Waals surface area contributed by atoms with Crippen LogP contribution < -0.4 is 10.6 Å². The van der Waals surface area contributed by atoms with Crippen LogP contribution in [-0.4, -0.2) is 46.1 Å². The number of ether oxygens (including phenoxy) is 1. The van der Waals surface area contributed by atoms with E-state index in [-0.39, 0.29) is 17.6 Å². The van der Waals surface area contributed by atoms with Crippen molar-refractivity contribution >= 4 is 23.6 Å². The number of nitrogens with zero attached hydrogens (tertiary/aromatic N) is 1. The van der Waals surface area contributed by atoms with E-state index in [1.807, 2.05) is 45.9 Å². The van der Waals surface area contributed by atoms with Crippen molar-refractivity contribution < 1.29 is 24.2 Å². The van der Waals surface area contributed by atoms with Gasteiger partial charge in [0, 0.05) is 12.2 Å². The lowest BCUT2D eigenvalue weighted by molar-refractivity contribution is -0.142. The second-order valence-corrected chi connectivity index (χ2v) is 10.7. The molecule has 3 unspecified atom stereocenters. The Hall–Kier alpha value is -3.55. The van der Waals surface area contributed by atoms with Crippen LogP contribution >= 0.6 is 0 Å². The van der Waals surface area contributed by atoms with E-state index in [0.717, 1.165) is 12.0 Å². The van der Waals surface area contributed by atoms with E-state index in [0.29, 0.717) is 30.6 Å². The lowest BCUT2D eigenvalue weighted by Gasteiger charge is -2.36. The summed E-state index contributed by atoms with van der Waals surface area (Å²) >= 11 is 0. The maximum atomic E-state index is 14.2. The average molecular weight is 526 g/mol. The van der Waals surface area contributed by atoms with Crippen LogP contribution in [0.2, 0.25) is 0 Å². The van der Waals surface area contributed by atoms with Gasteiger partial charge in [0.05, 0.1) is 0 Å². The Morgan fingerprint density at radius 1 is 1.05 bits per heavy atom. The zero-order valence-electron chi connectivity index (χ0n) is 23.7. The van der Waals surface area contributed by atoms with Gasteiger partial charge in [-0.2, -0.15) is 0 Å². The molecule has 8 heteroatoms. The standard InChI is InChI=1S/C30H43N3O5/c1-8-10-18-33(28(36)25(20(3)9-2)32-29(37)38-30(5,6)7)26(22-15-13-16-23(34)19-22)27(35)31-24-17-12-11-14-21(24)4/h11-17,19-20,25-26,34H,8-10,18H2,1-7H3,(H,31,35)(H,32,37). The number of rotatable bonds is 11. The van der Waals surface area contributed by atoms with E-state index >= 15 is 0 Å². The van der Waals surface area contributed by atoms with Crippen molar-refractivity contribution in [1.82, 2.24) is 10.2 Å². The Bertz CT molecular complexity index is 1100. The topological polar surface area (TPSA) is 108 Å². The fourth-order valence-electron chi connectivity index (χ4n) is 4.07. The van der Waals surface area contributed by atoms with Crippen LogP contribution in [0.3, 0.4) is 0 Å². The molecule has 0 aliphatic rings. The van der Waals surface area contributed by atoms with E-state index in [2.05, 4.69) is 10.6 Å². The second kappa shape index (κ2) is 13.8. The third kappa shape index (κ3) is 8.78. The molecule has 208 valence electrons. The SMILES string of the molecule is CCCCN(C(=O)C(NC(=O)OC(C)(C)C)C(C)CC)C(C(=O)Nc1ccccc1C)c1cccc(O)c1. The fraction of sp³-hybridized carbons (Fsp3) is 0.500. The van der Waals surface area contributed by atoms with Gasteiger partial charge in [0.25, 0.3) is 5.91 Å². The molecule has 0 aliphatic heterocycles. The Morgan fingerprint density at radius 2 is 1.74 bits per heavy atom. The van der Waals surface area contributed by atoms with Crippen LogP contribution in [0.15, 0.2) is 48.5 Å². The minimum atomic E-state index is -1.03. The van der Waals surface area contributed by atoms with Gasteiger partial charge < -0.3 is 25.4 Å². The number of phenols is 1. The minimum absolute atomic E-state index is 0.00978. The van der Waals surface area contributed by atoms with Gasteiger partial charge in [-0.3, -0.25) is 9.59 Å². The number of hydrogen-bond acceptors (Lipinski definition) is 5. The first-order valence-electron chi connectivity index (χ1n) is 13.3. The van der Waals surface area contributed by atoms with Gasteiger partial charge in [-0.15, -0.1) is 0 Å². The van der Waals surface area contributed by atoms with Gasteiger partial charge in [-0.1, -0.05) is 63.9 Å². The second-order valence-electron chi connectivity index (χ2n) is 10.7. The highest BCUT2D eigenvalue weighted by atomic mass is 16.6. The quantitative estimate of drug-likeness (QED) is 0.336. The number of phenolic OH excluding ortho intramolecular Hbond substituents is 1. The summed E-state index contributed by atoms with van der Waals surface area (Å²) in [6, 6.07) is 11.8. The molecule has 2 aromatic rings. The molecular weight excluding hydrogens is 482 g/mol. The fourth-order valence-corrected chi connectivity index (χ4v) is 4.07. The van der Waals surface area contributed by atoms with Crippen LogP contribution in [0, 0.1) is 12.8 Å². The summed E-state index contributed by atoms with van der Waals surface area (Å²) in [7, 11) is 0. The summed E-state index contributed by atoms with van der Waals surface area (Å²) in [6.45, 7) is 13.3. The molecule has 2 rings (SSSR count). The Labute approximate surface area is 226 Å². The number of amides is 3. The van der Waals surface area contributed by atoms with Crippen molar-refractivity contribution in [1.29, 1.82) is 0 Å². The van der Waals surface area contributed by atoms with Crippen LogP contribution in [0.5, 0.6) is 5.75 Å². The summed E-state index contributed by atoms with van der Waals surface area (Å²) in [4.78, 5) is 42.3. The van der Waals surface area contributed by atoms with E-state index in [4.69, 9.17) is 4.74 Å². The first kappa shape index (κ1) is 30.7. The lowest BCUT2D eigenvalue weighted by Crippen LogP contribution is -2.55. The predicted molar refractivity (Wildman–Crippen MR) is 150 cm³/mol. The molecule has 0 heterocycles. The first-order chi connectivity index (χ1) is 17.9. The molecule has 3 atom stereocenters. The van der Waals surface area contributed by atoms with Gasteiger partial charge in [0.15, 0.2) is 0 Å². The predicted octanol–water partition coefficient (Wildman–Crippen LogP) is 5.95. The summed E-state index contributed by atoms with van der Waals surface area (Å²) in [6.07, 6.45) is 1.38. The zero-order chi connectivity index (χ0) is 28.5. The number of aryl methyl sites for hydroxylation is 1. The van der Waals surface area contributed by atoms with Crippen molar-refractivity contribution in [3.05, 3.63) is 59.7 Å². The molecule has 0 spiro atoms. The highest BCUT2D eigenvalue weighted by Crippen LogP contribution is 2.29. The van der Waals surface area contributed by atoms with E-state index < -0.39 is 29.7 Å². The Balaban J connectivity index is 2.55. The van der Waals surface area contributed by atoms with Crippen LogP contribution in [0.25, 0.3) is 0 Å². The largest absolute Gasteiger partial charge is 0.508 e. The number of para-hydroxylation sites is 1. The van der Waals surface area contributed by atoms with Crippen molar-refractivity contribution in [2.45, 2.75) is 85.4 Å². The minimum Gasteiger partial charge on any atom is -0.508 e. The summed E-state index contributed by atoms with van der Waals surface area (Å²) in [5, 5.41) is 16.0. The molecule has 0 aromatic heterocycles. The van der Waals surface area contributed by atoms with E-state index in [9.17, 15) is 19.5 Å². The number of unbranched alkanes of at least 4 members (excludes halogenated alkanes) is 1. The van der Waals surface area contributed by atoms with Gasteiger partial charge in [-0.25, -0.2) is 4.79 Å². The highest BCUT2D eigenvalue weighted by Gasteiger charge is 2.38. The van der Waals surface area contributed by atoms with Crippen LogP contribution in [0.1, 0.15) is 78.0 Å². The summed E-state index contributed by atoms with van der Waals surface area (Å²) in [5.41, 5.74) is 1.26. The smallest absolute Gasteiger partial charge is 0.408 e. The Morgan fingerprint density at radius 3 is 2.32 bits per heavy atom. The number of alkyl carbamates (subject to hydrolysis) is 1. The number of anilines is 1. The number of aromatic hydroxyl groups is 1. The molecule has 3 N–H and O–H groups in total. The number of benzene rings is 2. The molecule has 2 aromatic carbocycles. The normalized spacial score (nSPS) is 13.7. The molecule has 8 nitrogen and oxygen atoms in total. The molecule has 0 fully saturated rings.